The average Bonchev–Trinajstić information content (AvgIpc) is 2.71. The third kappa shape index (κ3) is 2.71. The number of nitrogens with zero attached hydrogens (tertiary/aromatic N) is 1. The number of hydrogen-bond donors (Lipinski definition) is 1. The van der Waals surface area contributed by atoms with Gasteiger partial charge < -0.3 is 10.3 Å². The first-order valence-corrected chi connectivity index (χ1v) is 5.41. The van der Waals surface area contributed by atoms with Crippen LogP contribution in [0.3, 0.4) is 0 Å². The van der Waals surface area contributed by atoms with Crippen LogP contribution in [0.25, 0.3) is 0 Å². The van der Waals surface area contributed by atoms with E-state index in [9.17, 15) is 8.78 Å². The Kier molecular flexibility index (Phi) is 3.24. The van der Waals surface area contributed by atoms with Crippen LogP contribution in [0, 0.1) is 11.6 Å². The summed E-state index contributed by atoms with van der Waals surface area (Å²) in [5.41, 5.74) is 7.18. The van der Waals surface area contributed by atoms with E-state index in [4.69, 9.17) is 5.73 Å². The molecule has 0 amide bonds. The molecule has 2 rings (SSSR count). The molecule has 1 aromatic carbocycles. The lowest BCUT2D eigenvalue weighted by molar-refractivity contribution is 0.566. The van der Waals surface area contributed by atoms with Crippen molar-refractivity contribution >= 4 is 0 Å². The maximum absolute atomic E-state index is 13.4. The Morgan fingerprint density at radius 3 is 2.65 bits per heavy atom. The monoisotopic (exact) mass is 236 g/mol. The number of rotatable bonds is 3. The van der Waals surface area contributed by atoms with Gasteiger partial charge in [0.25, 0.3) is 0 Å². The van der Waals surface area contributed by atoms with Gasteiger partial charge in [0.2, 0.25) is 0 Å². The van der Waals surface area contributed by atoms with Crippen molar-refractivity contribution in [1.29, 1.82) is 0 Å². The fraction of sp³-hybridized carbons (Fsp3) is 0.231. The third-order valence-electron chi connectivity index (χ3n) is 2.67. The van der Waals surface area contributed by atoms with Gasteiger partial charge in [0, 0.05) is 36.6 Å². The van der Waals surface area contributed by atoms with Crippen molar-refractivity contribution in [2.24, 2.45) is 5.73 Å². The van der Waals surface area contributed by atoms with Crippen LogP contribution in [-0.2, 0) is 6.54 Å². The molecular formula is C13H14F2N2. The van der Waals surface area contributed by atoms with Gasteiger partial charge in [0.15, 0.2) is 0 Å². The van der Waals surface area contributed by atoms with Gasteiger partial charge in [-0.1, -0.05) is 6.07 Å². The normalized spacial score (nSPS) is 12.7. The lowest BCUT2D eigenvalue weighted by Gasteiger charge is -2.05. The largest absolute Gasteiger partial charge is 0.349 e. The van der Waals surface area contributed by atoms with Crippen molar-refractivity contribution in [2.45, 2.75) is 19.5 Å². The lowest BCUT2D eigenvalue weighted by atomic mass is 10.2. The minimum absolute atomic E-state index is 0.0469. The molecule has 2 N–H and O–H groups in total. The molecule has 0 aliphatic rings. The molecule has 0 saturated carbocycles. The van der Waals surface area contributed by atoms with Crippen molar-refractivity contribution in [2.75, 3.05) is 0 Å². The molecule has 17 heavy (non-hydrogen) atoms. The second-order valence-electron chi connectivity index (χ2n) is 4.14. The molecule has 90 valence electrons. The highest BCUT2D eigenvalue weighted by Gasteiger charge is 2.06. The maximum Gasteiger partial charge on any atom is 0.131 e. The molecule has 4 heteroatoms. The zero-order valence-corrected chi connectivity index (χ0v) is 9.53. The first-order chi connectivity index (χ1) is 8.06. The Balaban J connectivity index is 2.19. The first kappa shape index (κ1) is 11.8. The zero-order chi connectivity index (χ0) is 12.4. The summed E-state index contributed by atoms with van der Waals surface area (Å²) in [4.78, 5) is 0. The predicted molar refractivity (Wildman–Crippen MR) is 62.5 cm³/mol. The average molecular weight is 236 g/mol. The predicted octanol–water partition coefficient (Wildman–Crippen LogP) is 2.83. The van der Waals surface area contributed by atoms with E-state index in [0.29, 0.717) is 12.1 Å². The van der Waals surface area contributed by atoms with Crippen molar-refractivity contribution < 1.29 is 8.78 Å². The van der Waals surface area contributed by atoms with Crippen LogP contribution < -0.4 is 5.73 Å². The minimum Gasteiger partial charge on any atom is -0.349 e. The Bertz CT molecular complexity index is 518. The molecule has 0 fully saturated rings. The molecule has 1 aromatic heterocycles. The van der Waals surface area contributed by atoms with E-state index >= 15 is 0 Å². The number of aromatic nitrogens is 1. The van der Waals surface area contributed by atoms with E-state index < -0.39 is 11.6 Å². The van der Waals surface area contributed by atoms with E-state index in [2.05, 4.69) is 0 Å². The van der Waals surface area contributed by atoms with Crippen LogP contribution in [0.4, 0.5) is 8.78 Å². The summed E-state index contributed by atoms with van der Waals surface area (Å²) in [7, 11) is 0. The Hall–Kier alpha value is -1.68. The highest BCUT2D eigenvalue weighted by Crippen LogP contribution is 2.14. The summed E-state index contributed by atoms with van der Waals surface area (Å²) < 4.78 is 28.0. The summed E-state index contributed by atoms with van der Waals surface area (Å²) in [5, 5.41) is 0. The fourth-order valence-electron chi connectivity index (χ4n) is 1.67. The second kappa shape index (κ2) is 4.67. The molecule has 0 spiro atoms. The number of benzene rings is 1. The fourth-order valence-corrected chi connectivity index (χ4v) is 1.67. The van der Waals surface area contributed by atoms with E-state index in [0.717, 1.165) is 11.6 Å². The molecular weight excluding hydrogens is 222 g/mol. The molecule has 0 aliphatic heterocycles. The van der Waals surface area contributed by atoms with Gasteiger partial charge in [-0.25, -0.2) is 8.78 Å². The van der Waals surface area contributed by atoms with Crippen molar-refractivity contribution in [3.63, 3.8) is 0 Å². The first-order valence-electron chi connectivity index (χ1n) is 5.41. The summed E-state index contributed by atoms with van der Waals surface area (Å²) in [6.45, 7) is 2.26. The van der Waals surface area contributed by atoms with Crippen LogP contribution in [0.15, 0.2) is 36.7 Å². The molecule has 2 aromatic rings. The summed E-state index contributed by atoms with van der Waals surface area (Å²) in [6, 6.07) is 5.46. The SMILES string of the molecule is CC(N)c1ccn(Cc2ccc(F)cc2F)c1. The zero-order valence-electron chi connectivity index (χ0n) is 9.53. The van der Waals surface area contributed by atoms with E-state index in [1.54, 1.807) is 0 Å². The lowest BCUT2D eigenvalue weighted by Crippen LogP contribution is -2.04. The van der Waals surface area contributed by atoms with Gasteiger partial charge in [-0.2, -0.15) is 0 Å². The van der Waals surface area contributed by atoms with Crippen LogP contribution in [0.2, 0.25) is 0 Å². The van der Waals surface area contributed by atoms with Crippen molar-refractivity contribution in [1.82, 2.24) is 4.57 Å². The number of hydrogen-bond acceptors (Lipinski definition) is 1. The Morgan fingerprint density at radius 1 is 1.29 bits per heavy atom. The smallest absolute Gasteiger partial charge is 0.131 e. The highest BCUT2D eigenvalue weighted by molar-refractivity contribution is 5.21. The van der Waals surface area contributed by atoms with Gasteiger partial charge in [-0.15, -0.1) is 0 Å². The molecule has 0 aliphatic carbocycles. The quantitative estimate of drug-likeness (QED) is 0.872. The van der Waals surface area contributed by atoms with E-state index in [1.807, 2.05) is 30.0 Å². The topological polar surface area (TPSA) is 30.9 Å². The summed E-state index contributed by atoms with van der Waals surface area (Å²) in [5.74, 6) is -1.09. The molecule has 2 nitrogen and oxygen atoms in total. The van der Waals surface area contributed by atoms with Gasteiger partial charge in [0.1, 0.15) is 11.6 Å². The van der Waals surface area contributed by atoms with Crippen molar-refractivity contribution in [3.05, 3.63) is 59.4 Å². The molecule has 1 atom stereocenters. The molecule has 0 saturated heterocycles. The molecule has 0 bridgehead atoms. The molecule has 1 heterocycles. The molecule has 0 radical (unpaired) electrons. The summed E-state index contributed by atoms with van der Waals surface area (Å²) in [6.07, 6.45) is 3.70. The van der Waals surface area contributed by atoms with Crippen LogP contribution in [-0.4, -0.2) is 4.57 Å². The number of halogens is 2. The molecule has 1 unspecified atom stereocenters. The Morgan fingerprint density at radius 2 is 2.06 bits per heavy atom. The van der Waals surface area contributed by atoms with Crippen LogP contribution in [0.1, 0.15) is 24.1 Å². The Labute approximate surface area is 98.7 Å². The van der Waals surface area contributed by atoms with Gasteiger partial charge in [-0.3, -0.25) is 0 Å². The van der Waals surface area contributed by atoms with Crippen LogP contribution >= 0.6 is 0 Å². The van der Waals surface area contributed by atoms with Gasteiger partial charge in [-0.05, 0) is 24.6 Å². The van der Waals surface area contributed by atoms with E-state index in [1.165, 1.54) is 12.1 Å². The van der Waals surface area contributed by atoms with Gasteiger partial charge >= 0.3 is 0 Å². The number of nitrogens with two attached hydrogens (primary N) is 1. The second-order valence-corrected chi connectivity index (χ2v) is 4.14. The van der Waals surface area contributed by atoms with Crippen molar-refractivity contribution in [3.8, 4) is 0 Å². The maximum atomic E-state index is 13.4. The van der Waals surface area contributed by atoms with E-state index in [-0.39, 0.29) is 6.04 Å². The standard InChI is InChI=1S/C13H14F2N2/c1-9(16)10-4-5-17(7-10)8-11-2-3-12(14)6-13(11)15/h2-7,9H,8,16H2,1H3. The van der Waals surface area contributed by atoms with Gasteiger partial charge in [0.05, 0.1) is 0 Å². The third-order valence-corrected chi connectivity index (χ3v) is 2.67. The highest BCUT2D eigenvalue weighted by atomic mass is 19.1. The summed E-state index contributed by atoms with van der Waals surface area (Å²) >= 11 is 0. The minimum atomic E-state index is -0.560. The van der Waals surface area contributed by atoms with Crippen LogP contribution in [0.5, 0.6) is 0 Å².